The maximum atomic E-state index is 12.7. The van der Waals surface area contributed by atoms with Crippen molar-refractivity contribution in [1.82, 2.24) is 0 Å². The van der Waals surface area contributed by atoms with E-state index in [2.05, 4.69) is 69.4 Å². The standard InChI is InChI=1S/C50H88O6/c1-4-7-10-13-16-19-22-24-26-28-31-34-37-40-43-49(52)55-46-47(45-54-48(51)42-39-36-33-30-27-21-18-15-12-9-6-3)56-50(53)44-41-38-35-32-29-25-23-20-17-14-11-8-5-2/h7,10,15-16,18-19,24,26,47H,4-6,8-9,11-14,17,20-23,25,27-46H2,1-3H3/b10-7-,18-15-,19-16-,26-24-. The zero-order valence-corrected chi connectivity index (χ0v) is 36.9. The lowest BCUT2D eigenvalue weighted by Crippen LogP contribution is -2.30. The van der Waals surface area contributed by atoms with Crippen LogP contribution < -0.4 is 0 Å². The third-order valence-electron chi connectivity index (χ3n) is 10.1. The Hall–Kier alpha value is -2.63. The molecule has 0 bridgehead atoms. The number of hydrogen-bond acceptors (Lipinski definition) is 6. The van der Waals surface area contributed by atoms with E-state index in [-0.39, 0.29) is 31.1 Å². The SMILES string of the molecule is CC/C=C\C/C=C\C/C=C\CCCCCCC(=O)OCC(COC(=O)CCCCCCC/C=C\CCCC)OC(=O)CCCCCCCCCCCCCCC. The molecule has 0 amide bonds. The van der Waals surface area contributed by atoms with Gasteiger partial charge in [-0.15, -0.1) is 0 Å². The molecule has 0 heterocycles. The van der Waals surface area contributed by atoms with Crippen LogP contribution in [0.3, 0.4) is 0 Å². The maximum absolute atomic E-state index is 12.7. The number of hydrogen-bond donors (Lipinski definition) is 0. The molecule has 1 atom stereocenters. The van der Waals surface area contributed by atoms with Gasteiger partial charge in [0.15, 0.2) is 6.10 Å². The molecule has 0 N–H and O–H groups in total. The molecule has 6 nitrogen and oxygen atoms in total. The smallest absolute Gasteiger partial charge is 0.306 e. The summed E-state index contributed by atoms with van der Waals surface area (Å²) in [6.45, 7) is 6.46. The van der Waals surface area contributed by atoms with Gasteiger partial charge in [0, 0.05) is 19.3 Å². The minimum absolute atomic E-state index is 0.0833. The van der Waals surface area contributed by atoms with E-state index in [1.807, 2.05) is 0 Å². The Balaban J connectivity index is 4.41. The first-order chi connectivity index (χ1) is 27.5. The highest BCUT2D eigenvalue weighted by Gasteiger charge is 2.19. The van der Waals surface area contributed by atoms with E-state index in [1.54, 1.807) is 0 Å². The Labute approximate surface area is 346 Å². The fourth-order valence-corrected chi connectivity index (χ4v) is 6.50. The second-order valence-corrected chi connectivity index (χ2v) is 15.6. The molecule has 0 aliphatic rings. The van der Waals surface area contributed by atoms with Crippen LogP contribution >= 0.6 is 0 Å². The van der Waals surface area contributed by atoms with Gasteiger partial charge in [0.05, 0.1) is 0 Å². The Kier molecular flexibility index (Phi) is 43.0. The summed E-state index contributed by atoms with van der Waals surface area (Å²) in [7, 11) is 0. The molecule has 0 saturated heterocycles. The monoisotopic (exact) mass is 785 g/mol. The van der Waals surface area contributed by atoms with E-state index in [1.165, 1.54) is 96.3 Å². The fourth-order valence-electron chi connectivity index (χ4n) is 6.50. The van der Waals surface area contributed by atoms with Crippen molar-refractivity contribution >= 4 is 17.9 Å². The Morgan fingerprint density at radius 1 is 0.375 bits per heavy atom. The molecule has 0 rings (SSSR count). The van der Waals surface area contributed by atoms with Gasteiger partial charge in [-0.25, -0.2) is 0 Å². The van der Waals surface area contributed by atoms with Crippen LogP contribution in [0.4, 0.5) is 0 Å². The van der Waals surface area contributed by atoms with Crippen molar-refractivity contribution in [2.24, 2.45) is 0 Å². The van der Waals surface area contributed by atoms with Crippen molar-refractivity contribution in [3.05, 3.63) is 48.6 Å². The number of allylic oxidation sites excluding steroid dienone is 8. The predicted octanol–water partition coefficient (Wildman–Crippen LogP) is 15.1. The predicted molar refractivity (Wildman–Crippen MR) is 238 cm³/mol. The Morgan fingerprint density at radius 3 is 1.16 bits per heavy atom. The number of ether oxygens (including phenoxy) is 3. The largest absolute Gasteiger partial charge is 0.462 e. The molecule has 0 saturated carbocycles. The molecule has 0 fully saturated rings. The van der Waals surface area contributed by atoms with Crippen molar-refractivity contribution in [3.63, 3.8) is 0 Å². The first kappa shape index (κ1) is 53.4. The van der Waals surface area contributed by atoms with Gasteiger partial charge in [-0.05, 0) is 70.6 Å². The van der Waals surface area contributed by atoms with Crippen LogP contribution in [0.2, 0.25) is 0 Å². The highest BCUT2D eigenvalue weighted by Crippen LogP contribution is 2.15. The van der Waals surface area contributed by atoms with Gasteiger partial charge >= 0.3 is 17.9 Å². The number of carbonyl (C=O) groups is 3. The maximum Gasteiger partial charge on any atom is 0.306 e. The van der Waals surface area contributed by atoms with Crippen LogP contribution in [0.25, 0.3) is 0 Å². The summed E-state index contributed by atoms with van der Waals surface area (Å²) in [5, 5.41) is 0. The van der Waals surface area contributed by atoms with Crippen molar-refractivity contribution in [2.45, 2.75) is 239 Å². The molecule has 0 spiro atoms. The van der Waals surface area contributed by atoms with Crippen LogP contribution in [0.15, 0.2) is 48.6 Å². The summed E-state index contributed by atoms with van der Waals surface area (Å²) < 4.78 is 16.7. The zero-order chi connectivity index (χ0) is 40.8. The molecule has 0 aromatic heterocycles. The number of unbranched alkanes of at least 4 members (excludes halogenated alkanes) is 23. The molecule has 6 heteroatoms. The lowest BCUT2D eigenvalue weighted by molar-refractivity contribution is -0.167. The minimum atomic E-state index is -0.780. The van der Waals surface area contributed by atoms with Gasteiger partial charge in [0.25, 0.3) is 0 Å². The van der Waals surface area contributed by atoms with E-state index in [0.29, 0.717) is 19.3 Å². The second-order valence-electron chi connectivity index (χ2n) is 15.6. The molecule has 324 valence electrons. The number of carbonyl (C=O) groups excluding carboxylic acids is 3. The first-order valence-corrected chi connectivity index (χ1v) is 23.6. The molecule has 0 aliphatic carbocycles. The van der Waals surface area contributed by atoms with Gasteiger partial charge in [0.1, 0.15) is 13.2 Å². The fraction of sp³-hybridized carbons (Fsp3) is 0.780. The third-order valence-corrected chi connectivity index (χ3v) is 10.1. The Morgan fingerprint density at radius 2 is 0.714 bits per heavy atom. The molecular formula is C50H88O6. The molecule has 0 radical (unpaired) electrons. The van der Waals surface area contributed by atoms with Gasteiger partial charge in [-0.3, -0.25) is 14.4 Å². The normalized spacial score (nSPS) is 12.4. The lowest BCUT2D eigenvalue weighted by Gasteiger charge is -2.18. The molecule has 1 unspecified atom stereocenters. The quantitative estimate of drug-likeness (QED) is 0.0265. The van der Waals surface area contributed by atoms with Crippen LogP contribution in [0.5, 0.6) is 0 Å². The van der Waals surface area contributed by atoms with Gasteiger partial charge in [-0.1, -0.05) is 191 Å². The average Bonchev–Trinajstić information content (AvgIpc) is 3.19. The van der Waals surface area contributed by atoms with Gasteiger partial charge in [0.2, 0.25) is 0 Å². The topological polar surface area (TPSA) is 78.9 Å². The summed E-state index contributed by atoms with van der Waals surface area (Å²) in [5.74, 6) is -0.913. The molecule has 56 heavy (non-hydrogen) atoms. The van der Waals surface area contributed by atoms with Crippen LogP contribution in [-0.4, -0.2) is 37.2 Å². The van der Waals surface area contributed by atoms with Gasteiger partial charge in [-0.2, -0.15) is 0 Å². The number of rotatable bonds is 42. The summed E-state index contributed by atoms with van der Waals surface area (Å²) in [4.78, 5) is 37.8. The van der Waals surface area contributed by atoms with Gasteiger partial charge < -0.3 is 14.2 Å². The zero-order valence-electron chi connectivity index (χ0n) is 36.9. The van der Waals surface area contributed by atoms with Crippen molar-refractivity contribution < 1.29 is 28.6 Å². The Bertz CT molecular complexity index is 996. The summed E-state index contributed by atoms with van der Waals surface area (Å²) >= 11 is 0. The summed E-state index contributed by atoms with van der Waals surface area (Å²) in [5.41, 5.74) is 0. The molecular weight excluding hydrogens is 697 g/mol. The van der Waals surface area contributed by atoms with Crippen molar-refractivity contribution in [3.8, 4) is 0 Å². The summed E-state index contributed by atoms with van der Waals surface area (Å²) in [6, 6.07) is 0. The second kappa shape index (κ2) is 45.1. The minimum Gasteiger partial charge on any atom is -0.462 e. The van der Waals surface area contributed by atoms with Crippen LogP contribution in [0.1, 0.15) is 233 Å². The van der Waals surface area contributed by atoms with E-state index >= 15 is 0 Å². The van der Waals surface area contributed by atoms with Crippen molar-refractivity contribution in [2.75, 3.05) is 13.2 Å². The van der Waals surface area contributed by atoms with Crippen LogP contribution in [0, 0.1) is 0 Å². The van der Waals surface area contributed by atoms with E-state index < -0.39 is 6.10 Å². The van der Waals surface area contributed by atoms with E-state index in [4.69, 9.17) is 14.2 Å². The van der Waals surface area contributed by atoms with E-state index in [0.717, 1.165) is 96.3 Å². The molecule has 0 aromatic carbocycles. The molecule has 0 aliphatic heterocycles. The number of esters is 3. The highest BCUT2D eigenvalue weighted by atomic mass is 16.6. The third kappa shape index (κ3) is 42.5. The van der Waals surface area contributed by atoms with Crippen molar-refractivity contribution in [1.29, 1.82) is 0 Å². The van der Waals surface area contributed by atoms with E-state index in [9.17, 15) is 14.4 Å². The van der Waals surface area contributed by atoms with Crippen LogP contribution in [-0.2, 0) is 28.6 Å². The summed E-state index contributed by atoms with van der Waals surface area (Å²) in [6.07, 6.45) is 52.3. The molecule has 0 aromatic rings. The average molecular weight is 785 g/mol. The lowest BCUT2D eigenvalue weighted by atomic mass is 10.0. The highest BCUT2D eigenvalue weighted by molar-refractivity contribution is 5.71. The first-order valence-electron chi connectivity index (χ1n) is 23.6.